The number of rotatable bonds is 5. The predicted molar refractivity (Wildman–Crippen MR) is 112 cm³/mol. The van der Waals surface area contributed by atoms with Crippen LogP contribution in [0.1, 0.15) is 54.3 Å². The van der Waals surface area contributed by atoms with Crippen molar-refractivity contribution in [3.05, 3.63) is 47.1 Å². The number of piperidine rings is 1. The minimum absolute atomic E-state index is 0.0642. The molecule has 2 aromatic heterocycles. The fourth-order valence-electron chi connectivity index (χ4n) is 4.04. The number of likely N-dealkylation sites (tertiary alicyclic amines) is 1. The molecule has 1 fully saturated rings. The molecule has 3 heterocycles. The Morgan fingerprint density at radius 3 is 2.93 bits per heavy atom. The quantitative estimate of drug-likeness (QED) is 0.674. The summed E-state index contributed by atoms with van der Waals surface area (Å²) in [4.78, 5) is 35.4. The van der Waals surface area contributed by atoms with Crippen molar-refractivity contribution in [1.29, 1.82) is 0 Å². The van der Waals surface area contributed by atoms with Gasteiger partial charge in [-0.05, 0) is 51.3 Å². The highest BCUT2D eigenvalue weighted by Gasteiger charge is 2.39. The third-order valence-electron chi connectivity index (χ3n) is 5.77. The number of imidazole rings is 1. The summed E-state index contributed by atoms with van der Waals surface area (Å²) in [5.74, 6) is 1.31. The second-order valence-electron chi connectivity index (χ2n) is 8.27. The molecule has 2 N–H and O–H groups in total. The van der Waals surface area contributed by atoms with Crippen LogP contribution in [0.25, 0.3) is 11.0 Å². The minimum atomic E-state index is -0.643. The molecule has 2 amide bonds. The van der Waals surface area contributed by atoms with E-state index in [2.05, 4.69) is 20.4 Å². The van der Waals surface area contributed by atoms with Gasteiger partial charge >= 0.3 is 0 Å². The smallest absolute Gasteiger partial charge is 0.253 e. The molecule has 158 valence electrons. The van der Waals surface area contributed by atoms with E-state index in [-0.39, 0.29) is 11.8 Å². The van der Waals surface area contributed by atoms with Gasteiger partial charge in [0.05, 0.1) is 28.7 Å². The van der Waals surface area contributed by atoms with E-state index < -0.39 is 5.41 Å². The highest BCUT2D eigenvalue weighted by molar-refractivity contribution is 5.98. The second-order valence-corrected chi connectivity index (χ2v) is 8.27. The number of hydrogen-bond acceptors (Lipinski definition) is 5. The molecule has 0 unspecified atom stereocenters. The van der Waals surface area contributed by atoms with Crippen molar-refractivity contribution >= 4 is 22.8 Å². The number of amides is 2. The van der Waals surface area contributed by atoms with Gasteiger partial charge in [0.1, 0.15) is 5.82 Å². The number of carbonyl (C=O) groups excluding carboxylic acids is 2. The third-order valence-corrected chi connectivity index (χ3v) is 5.77. The molecule has 1 aromatic carbocycles. The van der Waals surface area contributed by atoms with E-state index in [1.54, 1.807) is 11.0 Å². The van der Waals surface area contributed by atoms with Crippen LogP contribution in [0.4, 0.5) is 0 Å². The van der Waals surface area contributed by atoms with Crippen LogP contribution >= 0.6 is 0 Å². The van der Waals surface area contributed by atoms with Crippen molar-refractivity contribution < 1.29 is 14.1 Å². The first-order chi connectivity index (χ1) is 14.4. The summed E-state index contributed by atoms with van der Waals surface area (Å²) in [6, 6.07) is 7.33. The van der Waals surface area contributed by atoms with Gasteiger partial charge < -0.3 is 19.7 Å². The molecule has 0 aliphatic carbocycles. The minimum Gasteiger partial charge on any atom is -0.359 e. The lowest BCUT2D eigenvalue weighted by molar-refractivity contribution is -0.132. The fourth-order valence-corrected chi connectivity index (χ4v) is 4.04. The summed E-state index contributed by atoms with van der Waals surface area (Å²) in [6.07, 6.45) is 2.30. The summed E-state index contributed by atoms with van der Waals surface area (Å²) in [5.41, 5.74) is 2.50. The number of aryl methyl sites for hydroxylation is 2. The predicted octanol–water partition coefficient (Wildman–Crippen LogP) is 2.98. The van der Waals surface area contributed by atoms with Crippen LogP contribution < -0.4 is 5.32 Å². The number of aromatic nitrogens is 3. The van der Waals surface area contributed by atoms with E-state index in [4.69, 9.17) is 4.52 Å². The van der Waals surface area contributed by atoms with Crippen molar-refractivity contribution in [2.24, 2.45) is 5.41 Å². The number of aromatic amines is 1. The van der Waals surface area contributed by atoms with E-state index in [1.807, 2.05) is 39.0 Å². The Morgan fingerprint density at radius 1 is 1.33 bits per heavy atom. The van der Waals surface area contributed by atoms with Crippen molar-refractivity contribution in [2.45, 2.75) is 46.6 Å². The lowest BCUT2D eigenvalue weighted by Crippen LogP contribution is -2.51. The Morgan fingerprint density at radius 2 is 2.17 bits per heavy atom. The second kappa shape index (κ2) is 7.93. The number of nitrogens with one attached hydrogen (secondary N) is 2. The molecule has 3 aromatic rings. The maximum atomic E-state index is 13.1. The van der Waals surface area contributed by atoms with Gasteiger partial charge in [-0.2, -0.15) is 0 Å². The summed E-state index contributed by atoms with van der Waals surface area (Å²) in [6.45, 7) is 7.13. The van der Waals surface area contributed by atoms with Gasteiger partial charge in [-0.1, -0.05) is 12.1 Å². The van der Waals surface area contributed by atoms with Crippen LogP contribution in [-0.4, -0.2) is 44.9 Å². The monoisotopic (exact) mass is 409 g/mol. The third kappa shape index (κ3) is 3.94. The van der Waals surface area contributed by atoms with Gasteiger partial charge in [-0.25, -0.2) is 4.98 Å². The van der Waals surface area contributed by atoms with E-state index in [9.17, 15) is 9.59 Å². The van der Waals surface area contributed by atoms with Crippen molar-refractivity contribution in [1.82, 2.24) is 25.3 Å². The molecular formula is C22H27N5O3. The zero-order valence-electron chi connectivity index (χ0n) is 17.6. The molecule has 1 saturated heterocycles. The maximum absolute atomic E-state index is 13.1. The van der Waals surface area contributed by atoms with Crippen LogP contribution in [0.5, 0.6) is 0 Å². The Hall–Kier alpha value is -3.16. The van der Waals surface area contributed by atoms with Gasteiger partial charge in [0.15, 0.2) is 5.76 Å². The van der Waals surface area contributed by atoms with E-state index in [0.29, 0.717) is 31.0 Å². The fraction of sp³-hybridized carbons (Fsp3) is 0.455. The zero-order chi connectivity index (χ0) is 21.3. The SMILES string of the molecule is CCc1cc(CNC(=O)[C@@]2(C)CCCN(C(=O)c3ccc4nc(C)[nH]c4c3)C2)on1. The molecule has 0 radical (unpaired) electrons. The Balaban J connectivity index is 1.43. The van der Waals surface area contributed by atoms with Gasteiger partial charge in [0, 0.05) is 24.7 Å². The van der Waals surface area contributed by atoms with E-state index in [1.165, 1.54) is 0 Å². The molecule has 1 atom stereocenters. The van der Waals surface area contributed by atoms with Gasteiger partial charge in [-0.15, -0.1) is 0 Å². The van der Waals surface area contributed by atoms with E-state index in [0.717, 1.165) is 41.8 Å². The van der Waals surface area contributed by atoms with E-state index >= 15 is 0 Å². The highest BCUT2D eigenvalue weighted by atomic mass is 16.5. The molecule has 8 nitrogen and oxygen atoms in total. The highest BCUT2D eigenvalue weighted by Crippen LogP contribution is 2.31. The normalized spacial score (nSPS) is 19.2. The number of fused-ring (bicyclic) bond motifs is 1. The average molecular weight is 409 g/mol. The number of benzene rings is 1. The number of hydrogen-bond donors (Lipinski definition) is 2. The molecule has 1 aliphatic rings. The number of carbonyl (C=O) groups is 2. The summed E-state index contributed by atoms with van der Waals surface area (Å²) in [7, 11) is 0. The Bertz CT molecular complexity index is 1090. The lowest BCUT2D eigenvalue weighted by Gasteiger charge is -2.39. The first kappa shape index (κ1) is 20.1. The van der Waals surface area contributed by atoms with Crippen LogP contribution in [0.15, 0.2) is 28.8 Å². The molecular weight excluding hydrogens is 382 g/mol. The summed E-state index contributed by atoms with van der Waals surface area (Å²) >= 11 is 0. The van der Waals surface area contributed by atoms with Crippen molar-refractivity contribution in [2.75, 3.05) is 13.1 Å². The van der Waals surface area contributed by atoms with Crippen LogP contribution in [0, 0.1) is 12.3 Å². The zero-order valence-corrected chi connectivity index (χ0v) is 17.6. The first-order valence-electron chi connectivity index (χ1n) is 10.4. The topological polar surface area (TPSA) is 104 Å². The molecule has 1 aliphatic heterocycles. The van der Waals surface area contributed by atoms with Gasteiger partial charge in [0.2, 0.25) is 5.91 Å². The number of nitrogens with zero attached hydrogens (tertiary/aromatic N) is 3. The van der Waals surface area contributed by atoms with Gasteiger partial charge in [-0.3, -0.25) is 9.59 Å². The lowest BCUT2D eigenvalue weighted by atomic mass is 9.80. The van der Waals surface area contributed by atoms with Crippen molar-refractivity contribution in [3.63, 3.8) is 0 Å². The molecule has 8 heteroatoms. The molecule has 0 saturated carbocycles. The first-order valence-corrected chi connectivity index (χ1v) is 10.4. The standard InChI is InChI=1S/C22H27N5O3/c1-4-16-11-17(30-26-16)12-23-21(29)22(3)8-5-9-27(13-22)20(28)15-6-7-18-19(10-15)25-14(2)24-18/h6-7,10-11H,4-5,8-9,12-13H2,1-3H3,(H,23,29)(H,24,25)/t22-/m0/s1. The average Bonchev–Trinajstić information content (AvgIpc) is 3.35. The van der Waals surface area contributed by atoms with Crippen molar-refractivity contribution in [3.8, 4) is 0 Å². The molecule has 0 spiro atoms. The Labute approximate surface area is 175 Å². The molecule has 0 bridgehead atoms. The van der Waals surface area contributed by atoms with Gasteiger partial charge in [0.25, 0.3) is 5.91 Å². The van der Waals surface area contributed by atoms with Crippen LogP contribution in [0.3, 0.4) is 0 Å². The largest absolute Gasteiger partial charge is 0.359 e. The maximum Gasteiger partial charge on any atom is 0.253 e. The summed E-state index contributed by atoms with van der Waals surface area (Å²) in [5, 5.41) is 6.90. The molecule has 4 rings (SSSR count). The van der Waals surface area contributed by atoms with Crippen LogP contribution in [0.2, 0.25) is 0 Å². The number of H-pyrrole nitrogens is 1. The molecule has 30 heavy (non-hydrogen) atoms. The van der Waals surface area contributed by atoms with Crippen LogP contribution in [-0.2, 0) is 17.8 Å². The Kier molecular flexibility index (Phi) is 5.32. The summed E-state index contributed by atoms with van der Waals surface area (Å²) < 4.78 is 5.24.